The van der Waals surface area contributed by atoms with Crippen molar-refractivity contribution in [3.05, 3.63) is 42.1 Å². The monoisotopic (exact) mass is 343 g/mol. The number of carbonyl (C=O) groups excluding carboxylic acids is 2. The summed E-state index contributed by atoms with van der Waals surface area (Å²) in [5.74, 6) is 0.267. The number of aromatic nitrogens is 1. The van der Waals surface area contributed by atoms with E-state index in [0.29, 0.717) is 29.1 Å². The third kappa shape index (κ3) is 4.69. The van der Waals surface area contributed by atoms with E-state index in [4.69, 9.17) is 9.47 Å². The first-order valence-electron chi connectivity index (χ1n) is 7.87. The van der Waals surface area contributed by atoms with Crippen LogP contribution in [0.3, 0.4) is 0 Å². The first-order valence-corrected chi connectivity index (χ1v) is 7.87. The van der Waals surface area contributed by atoms with Gasteiger partial charge in [0.2, 0.25) is 11.8 Å². The van der Waals surface area contributed by atoms with E-state index in [0.717, 1.165) is 6.42 Å². The van der Waals surface area contributed by atoms with Crippen molar-refractivity contribution >= 4 is 23.2 Å². The number of ether oxygens (including phenoxy) is 2. The highest BCUT2D eigenvalue weighted by Gasteiger charge is 2.14. The Balaban J connectivity index is 2.17. The molecule has 0 saturated carbocycles. The van der Waals surface area contributed by atoms with Gasteiger partial charge in [-0.2, -0.15) is 0 Å². The van der Waals surface area contributed by atoms with Crippen LogP contribution in [0.5, 0.6) is 11.6 Å². The van der Waals surface area contributed by atoms with Crippen LogP contribution in [0.25, 0.3) is 0 Å². The summed E-state index contributed by atoms with van der Waals surface area (Å²) in [4.78, 5) is 28.1. The number of benzene rings is 1. The zero-order valence-electron chi connectivity index (χ0n) is 14.5. The zero-order chi connectivity index (χ0) is 18.2. The lowest BCUT2D eigenvalue weighted by Gasteiger charge is -2.13. The standard InChI is InChI=1S/C18H21N3O4/c1-4-6-16(22)21-14-9-8-12(11-15(14)24-2)20-17(23)13-7-5-10-19-18(13)25-3/h5,7-11H,4,6H2,1-3H3,(H,20,23)(H,21,22). The topological polar surface area (TPSA) is 89.6 Å². The molecule has 2 aromatic rings. The fraction of sp³-hybridized carbons (Fsp3) is 0.278. The highest BCUT2D eigenvalue weighted by molar-refractivity contribution is 6.06. The summed E-state index contributed by atoms with van der Waals surface area (Å²) < 4.78 is 10.4. The molecule has 132 valence electrons. The summed E-state index contributed by atoms with van der Waals surface area (Å²) in [5, 5.41) is 5.55. The molecule has 0 aliphatic heterocycles. The number of rotatable bonds is 7. The number of amides is 2. The van der Waals surface area contributed by atoms with E-state index in [9.17, 15) is 9.59 Å². The third-order valence-electron chi connectivity index (χ3n) is 3.42. The van der Waals surface area contributed by atoms with E-state index in [1.807, 2.05) is 6.92 Å². The molecule has 1 aromatic carbocycles. The average molecular weight is 343 g/mol. The first-order chi connectivity index (χ1) is 12.1. The van der Waals surface area contributed by atoms with E-state index in [1.54, 1.807) is 36.5 Å². The van der Waals surface area contributed by atoms with Crippen LogP contribution in [0.4, 0.5) is 11.4 Å². The Labute approximate surface area is 146 Å². The highest BCUT2D eigenvalue weighted by Crippen LogP contribution is 2.28. The molecule has 1 heterocycles. The summed E-state index contributed by atoms with van der Waals surface area (Å²) in [6.07, 6.45) is 2.74. The molecule has 7 heteroatoms. The first kappa shape index (κ1) is 18.3. The summed E-state index contributed by atoms with van der Waals surface area (Å²) >= 11 is 0. The molecule has 0 atom stereocenters. The number of hydrogen-bond donors (Lipinski definition) is 2. The van der Waals surface area contributed by atoms with Crippen molar-refractivity contribution in [2.45, 2.75) is 19.8 Å². The van der Waals surface area contributed by atoms with Gasteiger partial charge in [0.1, 0.15) is 11.3 Å². The van der Waals surface area contributed by atoms with Gasteiger partial charge in [-0.15, -0.1) is 0 Å². The van der Waals surface area contributed by atoms with E-state index >= 15 is 0 Å². The van der Waals surface area contributed by atoms with E-state index < -0.39 is 0 Å². The molecule has 0 radical (unpaired) electrons. The minimum atomic E-state index is -0.352. The Morgan fingerprint density at radius 1 is 1.12 bits per heavy atom. The fourth-order valence-corrected chi connectivity index (χ4v) is 2.24. The maximum absolute atomic E-state index is 12.4. The number of anilines is 2. The second kappa shape index (κ2) is 8.68. The van der Waals surface area contributed by atoms with Gasteiger partial charge in [0.15, 0.2) is 0 Å². The van der Waals surface area contributed by atoms with E-state index in [-0.39, 0.29) is 17.7 Å². The summed E-state index contributed by atoms with van der Waals surface area (Å²) in [5.41, 5.74) is 1.41. The maximum Gasteiger partial charge on any atom is 0.261 e. The molecule has 0 bridgehead atoms. The van der Waals surface area contributed by atoms with Crippen LogP contribution < -0.4 is 20.1 Å². The Morgan fingerprint density at radius 2 is 1.92 bits per heavy atom. The lowest BCUT2D eigenvalue weighted by Crippen LogP contribution is -2.14. The molecule has 1 aromatic heterocycles. The molecular weight excluding hydrogens is 322 g/mol. The molecule has 2 N–H and O–H groups in total. The molecule has 0 aliphatic rings. The van der Waals surface area contributed by atoms with Crippen LogP contribution >= 0.6 is 0 Å². The van der Waals surface area contributed by atoms with Gasteiger partial charge >= 0.3 is 0 Å². The molecule has 0 aliphatic carbocycles. The number of methoxy groups -OCH3 is 2. The van der Waals surface area contributed by atoms with Crippen LogP contribution in [0.1, 0.15) is 30.1 Å². The van der Waals surface area contributed by atoms with Gasteiger partial charge in [0, 0.05) is 24.4 Å². The predicted molar refractivity (Wildman–Crippen MR) is 95.3 cm³/mol. The number of nitrogens with one attached hydrogen (secondary N) is 2. The van der Waals surface area contributed by atoms with Crippen LogP contribution in [0.15, 0.2) is 36.5 Å². The van der Waals surface area contributed by atoms with Crippen LogP contribution in [-0.4, -0.2) is 31.0 Å². The van der Waals surface area contributed by atoms with Crippen molar-refractivity contribution in [2.75, 3.05) is 24.9 Å². The van der Waals surface area contributed by atoms with Gasteiger partial charge in [-0.05, 0) is 30.7 Å². The number of pyridine rings is 1. The predicted octanol–water partition coefficient (Wildman–Crippen LogP) is 3.09. The van der Waals surface area contributed by atoms with E-state index in [2.05, 4.69) is 15.6 Å². The van der Waals surface area contributed by atoms with Gasteiger partial charge in [-0.3, -0.25) is 9.59 Å². The lowest BCUT2D eigenvalue weighted by atomic mass is 10.2. The lowest BCUT2D eigenvalue weighted by molar-refractivity contribution is -0.116. The highest BCUT2D eigenvalue weighted by atomic mass is 16.5. The van der Waals surface area contributed by atoms with Crippen molar-refractivity contribution < 1.29 is 19.1 Å². The van der Waals surface area contributed by atoms with E-state index in [1.165, 1.54) is 14.2 Å². The smallest absolute Gasteiger partial charge is 0.261 e. The molecule has 2 amide bonds. The summed E-state index contributed by atoms with van der Waals surface area (Å²) in [6, 6.07) is 8.29. The Bertz CT molecular complexity index is 762. The largest absolute Gasteiger partial charge is 0.494 e. The van der Waals surface area contributed by atoms with Crippen LogP contribution in [0, 0.1) is 0 Å². The van der Waals surface area contributed by atoms with Gasteiger partial charge in [-0.1, -0.05) is 6.92 Å². The zero-order valence-corrected chi connectivity index (χ0v) is 14.5. The molecular formula is C18H21N3O4. The molecule has 25 heavy (non-hydrogen) atoms. The van der Waals surface area contributed by atoms with Gasteiger partial charge in [0.05, 0.1) is 19.9 Å². The number of nitrogens with zero attached hydrogens (tertiary/aromatic N) is 1. The number of hydrogen-bond acceptors (Lipinski definition) is 5. The van der Waals surface area contributed by atoms with Gasteiger partial charge in [-0.25, -0.2) is 4.98 Å². The Hall–Kier alpha value is -3.09. The van der Waals surface area contributed by atoms with Gasteiger partial charge in [0.25, 0.3) is 5.91 Å². The summed E-state index contributed by atoms with van der Waals surface area (Å²) in [6.45, 7) is 1.93. The molecule has 7 nitrogen and oxygen atoms in total. The SMILES string of the molecule is CCCC(=O)Nc1ccc(NC(=O)c2cccnc2OC)cc1OC. The van der Waals surface area contributed by atoms with Crippen molar-refractivity contribution in [3.8, 4) is 11.6 Å². The normalized spacial score (nSPS) is 10.0. The minimum absolute atomic E-state index is 0.0855. The average Bonchev–Trinajstić information content (AvgIpc) is 2.63. The van der Waals surface area contributed by atoms with Gasteiger partial charge < -0.3 is 20.1 Å². The molecule has 0 unspecified atom stereocenters. The van der Waals surface area contributed by atoms with Crippen LogP contribution in [-0.2, 0) is 4.79 Å². The Morgan fingerprint density at radius 3 is 2.60 bits per heavy atom. The second-order valence-corrected chi connectivity index (χ2v) is 5.23. The van der Waals surface area contributed by atoms with Crippen LogP contribution in [0.2, 0.25) is 0 Å². The molecule has 0 saturated heterocycles. The maximum atomic E-state index is 12.4. The van der Waals surface area contributed by atoms with Crippen molar-refractivity contribution in [2.24, 2.45) is 0 Å². The Kier molecular flexibility index (Phi) is 6.33. The molecule has 0 fully saturated rings. The quantitative estimate of drug-likeness (QED) is 0.806. The third-order valence-corrected chi connectivity index (χ3v) is 3.42. The minimum Gasteiger partial charge on any atom is -0.494 e. The molecule has 2 rings (SSSR count). The fourth-order valence-electron chi connectivity index (χ4n) is 2.24. The summed E-state index contributed by atoms with van der Waals surface area (Å²) in [7, 11) is 2.95. The second-order valence-electron chi connectivity index (χ2n) is 5.23. The number of carbonyl (C=O) groups is 2. The molecule has 0 spiro atoms. The van der Waals surface area contributed by atoms with Crippen molar-refractivity contribution in [3.63, 3.8) is 0 Å². The van der Waals surface area contributed by atoms with Crippen molar-refractivity contribution in [1.29, 1.82) is 0 Å². The van der Waals surface area contributed by atoms with Crippen molar-refractivity contribution in [1.82, 2.24) is 4.98 Å².